The first kappa shape index (κ1) is 11.9. The minimum absolute atomic E-state index is 0.450. The summed E-state index contributed by atoms with van der Waals surface area (Å²) < 4.78 is 13.9. The molecule has 1 aromatic rings. The molecule has 1 atom stereocenters. The van der Waals surface area contributed by atoms with E-state index in [2.05, 4.69) is 20.8 Å². The fraction of sp³-hybridized carbons (Fsp3) is 0.500. The molecular formula is C12H16BrFN2. The van der Waals surface area contributed by atoms with Crippen LogP contribution in [0.3, 0.4) is 0 Å². The Morgan fingerprint density at radius 3 is 2.88 bits per heavy atom. The molecule has 1 aliphatic heterocycles. The number of anilines is 1. The maximum absolute atomic E-state index is 12.9. The Balaban J connectivity index is 2.19. The molecule has 0 bridgehead atoms. The zero-order chi connectivity index (χ0) is 11.6. The lowest BCUT2D eigenvalue weighted by molar-refractivity contribution is 0.264. The maximum Gasteiger partial charge on any atom is 0.109 e. The molecule has 2 nitrogen and oxygen atoms in total. The molecule has 0 spiro atoms. The predicted octanol–water partition coefficient (Wildman–Crippen LogP) is 2.72. The number of halogens is 2. The normalized spacial score (nSPS) is 25.8. The summed E-state index contributed by atoms with van der Waals surface area (Å²) >= 11 is 3.52. The molecule has 1 heterocycles. The molecule has 0 aromatic heterocycles. The van der Waals surface area contributed by atoms with Gasteiger partial charge in [0.05, 0.1) is 11.2 Å². The zero-order valence-corrected chi connectivity index (χ0v) is 10.7. The highest BCUT2D eigenvalue weighted by Gasteiger charge is 2.32. The average Bonchev–Trinajstić information content (AvgIpc) is 2.30. The first-order chi connectivity index (χ1) is 7.64. The highest BCUT2D eigenvalue weighted by atomic mass is 79.9. The number of rotatable bonds is 2. The third kappa shape index (κ3) is 2.38. The van der Waals surface area contributed by atoms with E-state index in [1.54, 1.807) is 0 Å². The molecule has 4 heteroatoms. The number of nitrogens with zero attached hydrogens (tertiary/aromatic N) is 1. The van der Waals surface area contributed by atoms with Gasteiger partial charge in [0.25, 0.3) is 0 Å². The third-order valence-corrected chi connectivity index (χ3v) is 3.74. The maximum atomic E-state index is 12.9. The third-order valence-electron chi connectivity index (χ3n) is 3.07. The molecule has 2 rings (SSSR count). The Morgan fingerprint density at radius 2 is 2.19 bits per heavy atom. The van der Waals surface area contributed by atoms with Crippen LogP contribution < -0.4 is 10.6 Å². The second-order valence-electron chi connectivity index (χ2n) is 4.47. The van der Waals surface area contributed by atoms with Crippen molar-refractivity contribution < 1.29 is 4.39 Å². The molecule has 0 saturated carbocycles. The SMILES string of the molecule is NC1(CF)CCCN(c2ccccc2Br)C1. The standard InChI is InChI=1S/C12H16BrFN2/c13-10-4-1-2-5-11(10)16-7-3-6-12(15,8-14)9-16/h1-2,4-5H,3,6-9,15H2. The van der Waals surface area contributed by atoms with E-state index in [4.69, 9.17) is 5.73 Å². The summed E-state index contributed by atoms with van der Waals surface area (Å²) in [6.45, 7) is 1.08. The van der Waals surface area contributed by atoms with Gasteiger partial charge >= 0.3 is 0 Å². The van der Waals surface area contributed by atoms with E-state index >= 15 is 0 Å². The van der Waals surface area contributed by atoms with Crippen molar-refractivity contribution >= 4 is 21.6 Å². The smallest absolute Gasteiger partial charge is 0.109 e. The topological polar surface area (TPSA) is 29.3 Å². The van der Waals surface area contributed by atoms with Crippen LogP contribution in [0.25, 0.3) is 0 Å². The number of alkyl halides is 1. The summed E-state index contributed by atoms with van der Waals surface area (Å²) in [5.41, 5.74) is 6.43. The van der Waals surface area contributed by atoms with Gasteiger partial charge in [-0.25, -0.2) is 4.39 Å². The van der Waals surface area contributed by atoms with Crippen molar-refractivity contribution in [2.75, 3.05) is 24.7 Å². The number of hydrogen-bond acceptors (Lipinski definition) is 2. The van der Waals surface area contributed by atoms with Crippen LogP contribution in [0, 0.1) is 0 Å². The van der Waals surface area contributed by atoms with Crippen LogP contribution in [0.2, 0.25) is 0 Å². The molecule has 1 aliphatic rings. The van der Waals surface area contributed by atoms with Gasteiger partial charge in [0.15, 0.2) is 0 Å². The molecule has 88 valence electrons. The van der Waals surface area contributed by atoms with E-state index in [-0.39, 0.29) is 0 Å². The number of para-hydroxylation sites is 1. The van der Waals surface area contributed by atoms with Gasteiger partial charge in [-0.05, 0) is 40.9 Å². The van der Waals surface area contributed by atoms with Crippen LogP contribution in [0.5, 0.6) is 0 Å². The van der Waals surface area contributed by atoms with Crippen molar-refractivity contribution in [1.29, 1.82) is 0 Å². The highest BCUT2D eigenvalue weighted by Crippen LogP contribution is 2.30. The van der Waals surface area contributed by atoms with Gasteiger partial charge in [-0.1, -0.05) is 12.1 Å². The second kappa shape index (κ2) is 4.72. The summed E-state index contributed by atoms with van der Waals surface area (Å²) in [4.78, 5) is 2.16. The van der Waals surface area contributed by atoms with Crippen LogP contribution in [-0.2, 0) is 0 Å². The lowest BCUT2D eigenvalue weighted by Gasteiger charge is -2.40. The van der Waals surface area contributed by atoms with Gasteiger partial charge in [-0.3, -0.25) is 0 Å². The fourth-order valence-electron chi connectivity index (χ4n) is 2.18. The van der Waals surface area contributed by atoms with Gasteiger partial charge in [0.1, 0.15) is 6.67 Å². The van der Waals surface area contributed by atoms with Crippen molar-refractivity contribution in [1.82, 2.24) is 0 Å². The molecule has 16 heavy (non-hydrogen) atoms. The molecule has 0 amide bonds. The van der Waals surface area contributed by atoms with E-state index in [1.807, 2.05) is 24.3 Å². The highest BCUT2D eigenvalue weighted by molar-refractivity contribution is 9.10. The van der Waals surface area contributed by atoms with Gasteiger partial charge in [0, 0.05) is 17.6 Å². The number of piperidine rings is 1. The lowest BCUT2D eigenvalue weighted by Crippen LogP contribution is -2.56. The van der Waals surface area contributed by atoms with Crippen molar-refractivity contribution in [2.45, 2.75) is 18.4 Å². The van der Waals surface area contributed by atoms with Crippen molar-refractivity contribution in [3.05, 3.63) is 28.7 Å². The van der Waals surface area contributed by atoms with Crippen LogP contribution in [0.4, 0.5) is 10.1 Å². The number of nitrogens with two attached hydrogens (primary N) is 1. The first-order valence-corrected chi connectivity index (χ1v) is 6.28. The van der Waals surface area contributed by atoms with E-state index in [1.165, 1.54) is 0 Å². The molecule has 0 aliphatic carbocycles. The summed E-state index contributed by atoms with van der Waals surface area (Å²) in [6.07, 6.45) is 1.71. The van der Waals surface area contributed by atoms with Crippen molar-refractivity contribution in [2.24, 2.45) is 5.73 Å². The monoisotopic (exact) mass is 286 g/mol. The van der Waals surface area contributed by atoms with E-state index in [0.717, 1.165) is 29.5 Å². The van der Waals surface area contributed by atoms with Crippen LogP contribution in [0.1, 0.15) is 12.8 Å². The van der Waals surface area contributed by atoms with Gasteiger partial charge in [0.2, 0.25) is 0 Å². The van der Waals surface area contributed by atoms with Crippen molar-refractivity contribution in [3.63, 3.8) is 0 Å². The van der Waals surface area contributed by atoms with Crippen LogP contribution in [0.15, 0.2) is 28.7 Å². The summed E-state index contributed by atoms with van der Waals surface area (Å²) in [7, 11) is 0. The second-order valence-corrected chi connectivity index (χ2v) is 5.33. The largest absolute Gasteiger partial charge is 0.369 e. The van der Waals surface area contributed by atoms with E-state index < -0.39 is 12.2 Å². The molecule has 2 N–H and O–H groups in total. The Morgan fingerprint density at radius 1 is 1.44 bits per heavy atom. The van der Waals surface area contributed by atoms with E-state index in [9.17, 15) is 4.39 Å². The van der Waals surface area contributed by atoms with Gasteiger partial charge in [-0.15, -0.1) is 0 Å². The van der Waals surface area contributed by atoms with Gasteiger partial charge < -0.3 is 10.6 Å². The molecule has 1 saturated heterocycles. The molecule has 1 aromatic carbocycles. The Kier molecular flexibility index (Phi) is 3.50. The van der Waals surface area contributed by atoms with Crippen molar-refractivity contribution in [3.8, 4) is 0 Å². The minimum atomic E-state index is -0.673. The Hall–Kier alpha value is -0.610. The van der Waals surface area contributed by atoms with Crippen LogP contribution >= 0.6 is 15.9 Å². The Labute approximate surface area is 104 Å². The fourth-order valence-corrected chi connectivity index (χ4v) is 2.72. The summed E-state index contributed by atoms with van der Waals surface area (Å²) in [5.74, 6) is 0. The quantitative estimate of drug-likeness (QED) is 0.906. The zero-order valence-electron chi connectivity index (χ0n) is 9.13. The van der Waals surface area contributed by atoms with E-state index in [0.29, 0.717) is 6.54 Å². The minimum Gasteiger partial charge on any atom is -0.369 e. The first-order valence-electron chi connectivity index (χ1n) is 5.49. The number of hydrogen-bond donors (Lipinski definition) is 1. The molecular weight excluding hydrogens is 271 g/mol. The number of benzene rings is 1. The summed E-state index contributed by atoms with van der Waals surface area (Å²) in [5, 5.41) is 0. The molecule has 1 unspecified atom stereocenters. The Bertz CT molecular complexity index is 372. The van der Waals surface area contributed by atoms with Gasteiger partial charge in [-0.2, -0.15) is 0 Å². The van der Waals surface area contributed by atoms with Crippen LogP contribution in [-0.4, -0.2) is 25.3 Å². The average molecular weight is 287 g/mol. The predicted molar refractivity (Wildman–Crippen MR) is 68.5 cm³/mol. The molecule has 1 fully saturated rings. The molecule has 0 radical (unpaired) electrons. The summed E-state index contributed by atoms with van der Waals surface area (Å²) in [6, 6.07) is 8.00. The lowest BCUT2D eigenvalue weighted by atomic mass is 9.91.